The van der Waals surface area contributed by atoms with Gasteiger partial charge < -0.3 is 5.32 Å². The molecule has 1 saturated carbocycles. The minimum Gasteiger partial charge on any atom is -0.314 e. The predicted octanol–water partition coefficient (Wildman–Crippen LogP) is 3.29. The van der Waals surface area contributed by atoms with Crippen molar-refractivity contribution in [3.8, 4) is 0 Å². The lowest BCUT2D eigenvalue weighted by Crippen LogP contribution is -2.43. The number of piperidine rings is 1. The highest BCUT2D eigenvalue weighted by molar-refractivity contribution is 5.14. The zero-order valence-corrected chi connectivity index (χ0v) is 12.7. The van der Waals surface area contributed by atoms with E-state index < -0.39 is 0 Å². The highest BCUT2D eigenvalue weighted by Crippen LogP contribution is 2.36. The van der Waals surface area contributed by atoms with Crippen LogP contribution in [0.1, 0.15) is 38.2 Å². The van der Waals surface area contributed by atoms with Crippen LogP contribution >= 0.6 is 0 Å². The molecule has 0 aromatic heterocycles. The maximum absolute atomic E-state index is 3.80. The largest absolute Gasteiger partial charge is 0.314 e. The Morgan fingerprint density at radius 1 is 1.10 bits per heavy atom. The molecule has 1 aliphatic heterocycles. The van der Waals surface area contributed by atoms with Crippen molar-refractivity contribution in [2.45, 2.75) is 45.2 Å². The molecular weight excluding hydrogens is 244 g/mol. The van der Waals surface area contributed by atoms with E-state index in [0.29, 0.717) is 0 Å². The molecule has 2 nitrogen and oxygen atoms in total. The lowest BCUT2D eigenvalue weighted by Gasteiger charge is -2.33. The third-order valence-corrected chi connectivity index (χ3v) is 4.99. The van der Waals surface area contributed by atoms with Gasteiger partial charge in [-0.3, -0.25) is 4.90 Å². The van der Waals surface area contributed by atoms with E-state index in [1.165, 1.54) is 50.9 Å². The number of nitrogens with zero attached hydrogens (tertiary/aromatic N) is 1. The van der Waals surface area contributed by atoms with Gasteiger partial charge in [-0.1, -0.05) is 37.3 Å². The summed E-state index contributed by atoms with van der Waals surface area (Å²) < 4.78 is 0. The molecule has 0 bridgehead atoms. The maximum atomic E-state index is 3.80. The fourth-order valence-corrected chi connectivity index (χ4v) is 3.32. The second-order valence-corrected chi connectivity index (χ2v) is 6.76. The third kappa shape index (κ3) is 4.07. The van der Waals surface area contributed by atoms with Gasteiger partial charge >= 0.3 is 0 Å². The average Bonchev–Trinajstić information content (AvgIpc) is 3.32. The second-order valence-electron chi connectivity index (χ2n) is 6.76. The summed E-state index contributed by atoms with van der Waals surface area (Å²) in [5, 5.41) is 3.80. The van der Waals surface area contributed by atoms with E-state index in [4.69, 9.17) is 0 Å². The minimum absolute atomic E-state index is 0.753. The number of nitrogens with one attached hydrogen (secondary N) is 1. The molecule has 0 radical (unpaired) electrons. The molecule has 0 spiro atoms. The Labute approximate surface area is 123 Å². The smallest absolute Gasteiger partial charge is 0.0233 e. The summed E-state index contributed by atoms with van der Waals surface area (Å²) in [6.45, 7) is 7.24. The van der Waals surface area contributed by atoms with E-state index in [1.54, 1.807) is 0 Å². The van der Waals surface area contributed by atoms with Crippen LogP contribution in [0.5, 0.6) is 0 Å². The number of likely N-dealkylation sites (tertiary alicyclic amines) is 1. The van der Waals surface area contributed by atoms with Crippen LogP contribution in [-0.4, -0.2) is 30.6 Å². The molecule has 1 saturated heterocycles. The van der Waals surface area contributed by atoms with Gasteiger partial charge in [0.05, 0.1) is 0 Å². The summed E-state index contributed by atoms with van der Waals surface area (Å²) in [7, 11) is 0. The van der Waals surface area contributed by atoms with Crippen molar-refractivity contribution in [3.63, 3.8) is 0 Å². The molecule has 2 aliphatic rings. The van der Waals surface area contributed by atoms with Crippen molar-refractivity contribution in [2.24, 2.45) is 11.8 Å². The van der Waals surface area contributed by atoms with Crippen LogP contribution in [0.2, 0.25) is 0 Å². The molecule has 1 aromatic carbocycles. The molecule has 1 aromatic rings. The Balaban J connectivity index is 1.36. The molecule has 1 aliphatic carbocycles. The normalized spacial score (nSPS) is 22.9. The molecule has 2 fully saturated rings. The van der Waals surface area contributed by atoms with Gasteiger partial charge in [-0.25, -0.2) is 0 Å². The van der Waals surface area contributed by atoms with Crippen molar-refractivity contribution in [1.29, 1.82) is 0 Å². The summed E-state index contributed by atoms with van der Waals surface area (Å²) in [6.07, 6.45) is 5.56. The van der Waals surface area contributed by atoms with Gasteiger partial charge in [0.25, 0.3) is 0 Å². The first kappa shape index (κ1) is 14.1. The first-order valence-corrected chi connectivity index (χ1v) is 8.31. The Hall–Kier alpha value is -0.860. The van der Waals surface area contributed by atoms with E-state index in [1.807, 2.05) is 0 Å². The van der Waals surface area contributed by atoms with Gasteiger partial charge in [0.15, 0.2) is 0 Å². The van der Waals surface area contributed by atoms with Gasteiger partial charge in [0.1, 0.15) is 0 Å². The fraction of sp³-hybridized carbons (Fsp3) is 0.667. The van der Waals surface area contributed by atoms with Crippen LogP contribution in [-0.2, 0) is 6.54 Å². The third-order valence-electron chi connectivity index (χ3n) is 4.99. The Kier molecular flexibility index (Phi) is 4.74. The van der Waals surface area contributed by atoms with Crippen molar-refractivity contribution < 1.29 is 0 Å². The number of benzene rings is 1. The molecule has 1 unspecified atom stereocenters. The van der Waals surface area contributed by atoms with Crippen LogP contribution in [0.25, 0.3) is 0 Å². The summed E-state index contributed by atoms with van der Waals surface area (Å²) in [6, 6.07) is 11.6. The van der Waals surface area contributed by atoms with Crippen LogP contribution in [0, 0.1) is 11.8 Å². The topological polar surface area (TPSA) is 15.3 Å². The van der Waals surface area contributed by atoms with E-state index >= 15 is 0 Å². The van der Waals surface area contributed by atoms with E-state index in [0.717, 1.165) is 24.4 Å². The average molecular weight is 272 g/mol. The number of rotatable bonds is 6. The van der Waals surface area contributed by atoms with Crippen LogP contribution in [0.3, 0.4) is 0 Å². The van der Waals surface area contributed by atoms with Gasteiger partial charge in [-0.15, -0.1) is 0 Å². The second kappa shape index (κ2) is 6.73. The monoisotopic (exact) mass is 272 g/mol. The zero-order chi connectivity index (χ0) is 13.8. The predicted molar refractivity (Wildman–Crippen MR) is 84.6 cm³/mol. The highest BCUT2D eigenvalue weighted by Gasteiger charge is 2.28. The molecule has 110 valence electrons. The Bertz CT molecular complexity index is 391. The van der Waals surface area contributed by atoms with Gasteiger partial charge in [-0.2, -0.15) is 0 Å². The van der Waals surface area contributed by atoms with Gasteiger partial charge in [0, 0.05) is 12.6 Å². The van der Waals surface area contributed by atoms with E-state index in [9.17, 15) is 0 Å². The van der Waals surface area contributed by atoms with Crippen LogP contribution < -0.4 is 5.32 Å². The summed E-state index contributed by atoms with van der Waals surface area (Å²) in [4.78, 5) is 2.60. The zero-order valence-electron chi connectivity index (χ0n) is 12.7. The van der Waals surface area contributed by atoms with Crippen LogP contribution in [0.4, 0.5) is 0 Å². The van der Waals surface area contributed by atoms with E-state index in [-0.39, 0.29) is 0 Å². The fourth-order valence-electron chi connectivity index (χ4n) is 3.32. The van der Waals surface area contributed by atoms with Gasteiger partial charge in [0.2, 0.25) is 0 Å². The standard InChI is InChI=1S/C18H28N2/c1-15(17-7-8-17)13-19-18-9-11-20(12-10-18)14-16-5-3-2-4-6-16/h2-6,15,17-19H,7-14H2,1H3. The Morgan fingerprint density at radius 3 is 2.45 bits per heavy atom. The van der Waals surface area contributed by atoms with Crippen molar-refractivity contribution in [3.05, 3.63) is 35.9 Å². The maximum Gasteiger partial charge on any atom is 0.0233 e. The molecule has 1 atom stereocenters. The van der Waals surface area contributed by atoms with Crippen molar-refractivity contribution in [1.82, 2.24) is 10.2 Å². The van der Waals surface area contributed by atoms with Crippen molar-refractivity contribution >= 4 is 0 Å². The first-order chi connectivity index (χ1) is 9.81. The van der Waals surface area contributed by atoms with Gasteiger partial charge in [-0.05, 0) is 62.7 Å². The quantitative estimate of drug-likeness (QED) is 0.855. The molecule has 1 N–H and O–H groups in total. The SMILES string of the molecule is CC(CNC1CCN(Cc2ccccc2)CC1)C1CC1. The highest BCUT2D eigenvalue weighted by atomic mass is 15.1. The molecule has 3 rings (SSSR count). The summed E-state index contributed by atoms with van der Waals surface area (Å²) >= 11 is 0. The first-order valence-electron chi connectivity index (χ1n) is 8.31. The van der Waals surface area contributed by atoms with E-state index in [2.05, 4.69) is 47.5 Å². The Morgan fingerprint density at radius 2 is 1.80 bits per heavy atom. The lowest BCUT2D eigenvalue weighted by atomic mass is 10.0. The van der Waals surface area contributed by atoms with Crippen molar-refractivity contribution in [2.75, 3.05) is 19.6 Å². The molecule has 20 heavy (non-hydrogen) atoms. The van der Waals surface area contributed by atoms with Crippen LogP contribution in [0.15, 0.2) is 30.3 Å². The summed E-state index contributed by atoms with van der Waals surface area (Å²) in [5.74, 6) is 1.91. The molecule has 0 amide bonds. The number of hydrogen-bond acceptors (Lipinski definition) is 2. The lowest BCUT2D eigenvalue weighted by molar-refractivity contribution is 0.187. The minimum atomic E-state index is 0.753. The summed E-state index contributed by atoms with van der Waals surface area (Å²) in [5.41, 5.74) is 1.45. The molecule has 1 heterocycles. The molecular formula is C18H28N2. The number of hydrogen-bond donors (Lipinski definition) is 1. The molecule has 2 heteroatoms.